The van der Waals surface area contributed by atoms with E-state index in [0.717, 1.165) is 16.2 Å². The van der Waals surface area contributed by atoms with Crippen LogP contribution in [-0.4, -0.2) is 17.4 Å². The molecule has 6 heteroatoms. The number of benzene rings is 2. The van der Waals surface area contributed by atoms with E-state index in [0.29, 0.717) is 23.4 Å². The fourth-order valence-corrected chi connectivity index (χ4v) is 4.04. The van der Waals surface area contributed by atoms with Gasteiger partial charge in [0.05, 0.1) is 17.7 Å². The molecule has 1 unspecified atom stereocenters. The van der Waals surface area contributed by atoms with Crippen LogP contribution in [0.15, 0.2) is 48.5 Å². The molecule has 1 aromatic heterocycles. The minimum atomic E-state index is -0.326. The van der Waals surface area contributed by atoms with Crippen molar-refractivity contribution in [3.8, 4) is 17.0 Å². The molecule has 0 saturated carbocycles. The summed E-state index contributed by atoms with van der Waals surface area (Å²) < 4.78 is 23.2. The highest BCUT2D eigenvalue weighted by Gasteiger charge is 2.31. The van der Waals surface area contributed by atoms with Gasteiger partial charge in [-0.15, -0.1) is 0 Å². The molecule has 0 radical (unpaired) electrons. The number of fused-ring (bicyclic) bond motifs is 1. The zero-order chi connectivity index (χ0) is 17.4. The Morgan fingerprint density at radius 1 is 1.24 bits per heavy atom. The third-order valence-electron chi connectivity index (χ3n) is 4.31. The summed E-state index contributed by atoms with van der Waals surface area (Å²) in [5.41, 5.74) is 3.00. The molecule has 0 aliphatic carbocycles. The van der Waals surface area contributed by atoms with Gasteiger partial charge in [-0.05, 0) is 41.4 Å². The molecule has 1 atom stereocenters. The zero-order valence-electron chi connectivity index (χ0n) is 13.5. The molecule has 1 aliphatic heterocycles. The largest absolute Gasteiger partial charge is 0.497 e. The third kappa shape index (κ3) is 2.89. The van der Waals surface area contributed by atoms with Crippen LogP contribution in [-0.2, 0) is 4.79 Å². The molecule has 0 bridgehead atoms. The molecule has 0 saturated heterocycles. The van der Waals surface area contributed by atoms with Crippen molar-refractivity contribution in [2.45, 2.75) is 12.3 Å². The van der Waals surface area contributed by atoms with E-state index in [1.807, 2.05) is 24.3 Å². The number of hydrogen-bond acceptors (Lipinski definition) is 4. The quantitative estimate of drug-likeness (QED) is 0.757. The van der Waals surface area contributed by atoms with Crippen molar-refractivity contribution in [3.05, 3.63) is 64.8 Å². The van der Waals surface area contributed by atoms with Crippen molar-refractivity contribution in [1.29, 1.82) is 0 Å². The highest BCUT2D eigenvalue weighted by atomic mass is 32.1. The maximum absolute atomic E-state index is 13.6. The highest BCUT2D eigenvalue weighted by Crippen LogP contribution is 2.44. The van der Waals surface area contributed by atoms with Gasteiger partial charge in [0.2, 0.25) is 5.91 Å². The molecule has 2 aromatic carbocycles. The van der Waals surface area contributed by atoms with E-state index in [4.69, 9.17) is 4.74 Å². The molecule has 25 heavy (non-hydrogen) atoms. The monoisotopic (exact) mass is 354 g/mol. The second-order valence-corrected chi connectivity index (χ2v) is 6.66. The van der Waals surface area contributed by atoms with E-state index in [2.05, 4.69) is 9.69 Å². The van der Waals surface area contributed by atoms with Crippen LogP contribution in [0.1, 0.15) is 22.8 Å². The summed E-state index contributed by atoms with van der Waals surface area (Å²) in [4.78, 5) is 13.2. The Hall–Kier alpha value is -2.73. The van der Waals surface area contributed by atoms with Crippen molar-refractivity contribution >= 4 is 23.1 Å². The van der Waals surface area contributed by atoms with E-state index in [1.165, 1.54) is 23.7 Å². The van der Waals surface area contributed by atoms with Gasteiger partial charge in [-0.1, -0.05) is 24.3 Å². The van der Waals surface area contributed by atoms with E-state index in [-0.39, 0.29) is 17.6 Å². The van der Waals surface area contributed by atoms with Crippen molar-refractivity contribution in [1.82, 2.24) is 4.37 Å². The van der Waals surface area contributed by atoms with E-state index in [1.54, 1.807) is 19.2 Å². The van der Waals surface area contributed by atoms with E-state index >= 15 is 0 Å². The molecule has 3 aromatic rings. The van der Waals surface area contributed by atoms with Gasteiger partial charge in [0.25, 0.3) is 0 Å². The lowest BCUT2D eigenvalue weighted by atomic mass is 9.89. The molecular weight excluding hydrogens is 339 g/mol. The fraction of sp³-hybridized carbons (Fsp3) is 0.158. The molecular formula is C19H15FN2O2S. The molecule has 4 nitrogen and oxygen atoms in total. The molecule has 126 valence electrons. The normalized spacial score (nSPS) is 16.2. The van der Waals surface area contributed by atoms with Crippen LogP contribution in [0.3, 0.4) is 0 Å². The molecule has 4 rings (SSSR count). The van der Waals surface area contributed by atoms with E-state index in [9.17, 15) is 9.18 Å². The van der Waals surface area contributed by atoms with Gasteiger partial charge in [0.1, 0.15) is 17.3 Å². The summed E-state index contributed by atoms with van der Waals surface area (Å²) in [7, 11) is 1.62. The second-order valence-electron chi connectivity index (χ2n) is 5.86. The third-order valence-corrected chi connectivity index (χ3v) is 5.26. The molecule has 0 spiro atoms. The van der Waals surface area contributed by atoms with Crippen LogP contribution < -0.4 is 10.1 Å². The maximum Gasteiger partial charge on any atom is 0.225 e. The van der Waals surface area contributed by atoms with Crippen LogP contribution in [0.4, 0.5) is 10.1 Å². The van der Waals surface area contributed by atoms with Crippen molar-refractivity contribution in [2.24, 2.45) is 0 Å². The molecule has 1 N–H and O–H groups in total. The van der Waals surface area contributed by atoms with Crippen LogP contribution in [0.25, 0.3) is 11.3 Å². The van der Waals surface area contributed by atoms with Crippen LogP contribution in [0, 0.1) is 5.82 Å². The predicted octanol–water partition coefficient (Wildman–Crippen LogP) is 4.43. The van der Waals surface area contributed by atoms with Crippen molar-refractivity contribution < 1.29 is 13.9 Å². The SMILES string of the molecule is COc1ccc(C2CC(=O)Nc3c(-c4cccc(F)c4)nsc32)cc1. The number of methoxy groups -OCH3 is 1. The Morgan fingerprint density at radius 3 is 2.76 bits per heavy atom. The lowest BCUT2D eigenvalue weighted by Gasteiger charge is -2.23. The van der Waals surface area contributed by atoms with Gasteiger partial charge in [-0.25, -0.2) is 4.39 Å². The smallest absolute Gasteiger partial charge is 0.225 e. The lowest BCUT2D eigenvalue weighted by Crippen LogP contribution is -2.22. The standard InChI is InChI=1S/C19H15FN2O2S/c1-24-14-7-5-11(6-8-14)15-10-16(23)21-18-17(22-25-19(15)18)12-3-2-4-13(20)9-12/h2-9,15H,10H2,1H3,(H,21,23). The Labute approximate surface area is 148 Å². The number of nitrogens with zero attached hydrogens (tertiary/aromatic N) is 1. The van der Waals surface area contributed by atoms with Gasteiger partial charge in [0, 0.05) is 17.9 Å². The number of nitrogens with one attached hydrogen (secondary N) is 1. The summed E-state index contributed by atoms with van der Waals surface area (Å²) in [6, 6.07) is 14.0. The van der Waals surface area contributed by atoms with E-state index < -0.39 is 0 Å². The first-order valence-corrected chi connectivity index (χ1v) is 8.62. The zero-order valence-corrected chi connectivity index (χ0v) is 14.3. The number of carbonyl (C=O) groups excluding carboxylic acids is 1. The topological polar surface area (TPSA) is 51.2 Å². The number of rotatable bonds is 3. The number of amides is 1. The summed E-state index contributed by atoms with van der Waals surface area (Å²) in [6.07, 6.45) is 0.365. The summed E-state index contributed by atoms with van der Waals surface area (Å²) in [6.45, 7) is 0. The van der Waals surface area contributed by atoms with Crippen molar-refractivity contribution in [3.63, 3.8) is 0 Å². The average molecular weight is 354 g/mol. The number of halogens is 1. The number of carbonyl (C=O) groups is 1. The minimum absolute atomic E-state index is 0.0607. The minimum Gasteiger partial charge on any atom is -0.497 e. The Kier molecular flexibility index (Phi) is 3.97. The Balaban J connectivity index is 1.78. The number of hydrogen-bond donors (Lipinski definition) is 1. The van der Waals surface area contributed by atoms with Gasteiger partial charge < -0.3 is 10.1 Å². The van der Waals surface area contributed by atoms with Crippen LogP contribution in [0.2, 0.25) is 0 Å². The van der Waals surface area contributed by atoms with Crippen LogP contribution >= 0.6 is 11.5 Å². The first kappa shape index (κ1) is 15.8. The highest BCUT2D eigenvalue weighted by molar-refractivity contribution is 7.07. The predicted molar refractivity (Wildman–Crippen MR) is 95.6 cm³/mol. The molecule has 2 heterocycles. The summed E-state index contributed by atoms with van der Waals surface area (Å²) in [5, 5.41) is 2.91. The second kappa shape index (κ2) is 6.29. The molecule has 1 amide bonds. The van der Waals surface area contributed by atoms with Gasteiger partial charge >= 0.3 is 0 Å². The average Bonchev–Trinajstić information content (AvgIpc) is 3.05. The Morgan fingerprint density at radius 2 is 2.04 bits per heavy atom. The maximum atomic E-state index is 13.6. The first-order chi connectivity index (χ1) is 12.2. The summed E-state index contributed by atoms with van der Waals surface area (Å²) in [5.74, 6) is 0.322. The first-order valence-electron chi connectivity index (χ1n) is 7.85. The summed E-state index contributed by atoms with van der Waals surface area (Å²) >= 11 is 1.35. The number of aromatic nitrogens is 1. The van der Waals surface area contributed by atoms with Crippen molar-refractivity contribution in [2.75, 3.05) is 12.4 Å². The number of anilines is 1. The lowest BCUT2D eigenvalue weighted by molar-refractivity contribution is -0.116. The van der Waals surface area contributed by atoms with Gasteiger partial charge in [-0.2, -0.15) is 4.37 Å². The molecule has 0 fully saturated rings. The van der Waals surface area contributed by atoms with Gasteiger partial charge in [0.15, 0.2) is 0 Å². The fourth-order valence-electron chi connectivity index (χ4n) is 3.07. The van der Waals surface area contributed by atoms with Gasteiger partial charge in [-0.3, -0.25) is 4.79 Å². The molecule has 1 aliphatic rings. The van der Waals surface area contributed by atoms with Crippen LogP contribution in [0.5, 0.6) is 5.75 Å². The Bertz CT molecular complexity index is 937. The number of ether oxygens (including phenoxy) is 1.